The first-order valence-electron chi connectivity index (χ1n) is 6.42. The van der Waals surface area contributed by atoms with E-state index in [1.807, 2.05) is 0 Å². The number of rotatable bonds is 4. The Morgan fingerprint density at radius 1 is 1.25 bits per heavy atom. The molecule has 0 radical (unpaired) electrons. The topological polar surface area (TPSA) is 41.1 Å². The van der Waals surface area contributed by atoms with Crippen LogP contribution in [0.25, 0.3) is 0 Å². The van der Waals surface area contributed by atoms with Crippen LogP contribution in [0.2, 0.25) is 0 Å². The lowest BCUT2D eigenvalue weighted by atomic mass is 9.75. The molecule has 16 heavy (non-hydrogen) atoms. The summed E-state index contributed by atoms with van der Waals surface area (Å²) in [5, 5.41) is 6.48. The molecule has 0 aromatic heterocycles. The lowest BCUT2D eigenvalue weighted by Gasteiger charge is -2.33. The molecule has 1 heterocycles. The van der Waals surface area contributed by atoms with Crippen molar-refractivity contribution in [3.8, 4) is 0 Å². The van der Waals surface area contributed by atoms with Crippen LogP contribution in [0.1, 0.15) is 41.0 Å². The van der Waals surface area contributed by atoms with E-state index in [-0.39, 0.29) is 17.4 Å². The van der Waals surface area contributed by atoms with Crippen molar-refractivity contribution in [1.82, 2.24) is 10.6 Å². The predicted octanol–water partition coefficient (Wildman–Crippen LogP) is 1.78. The van der Waals surface area contributed by atoms with Crippen molar-refractivity contribution < 1.29 is 4.79 Å². The quantitative estimate of drug-likeness (QED) is 0.767. The lowest BCUT2D eigenvalue weighted by Crippen LogP contribution is -2.49. The van der Waals surface area contributed by atoms with Crippen LogP contribution in [-0.4, -0.2) is 25.0 Å². The Balaban J connectivity index is 2.69. The van der Waals surface area contributed by atoms with E-state index in [0.29, 0.717) is 11.8 Å². The molecule has 2 unspecified atom stereocenters. The van der Waals surface area contributed by atoms with Crippen molar-refractivity contribution in [2.24, 2.45) is 17.3 Å². The van der Waals surface area contributed by atoms with Crippen LogP contribution >= 0.6 is 0 Å². The van der Waals surface area contributed by atoms with Crippen molar-refractivity contribution in [3.05, 3.63) is 0 Å². The summed E-state index contributed by atoms with van der Waals surface area (Å²) in [4.78, 5) is 12.4. The summed E-state index contributed by atoms with van der Waals surface area (Å²) < 4.78 is 0. The van der Waals surface area contributed by atoms with Crippen LogP contribution in [0.15, 0.2) is 0 Å². The molecular weight excluding hydrogens is 200 g/mol. The normalized spacial score (nSPS) is 27.4. The molecule has 0 spiro atoms. The van der Waals surface area contributed by atoms with Gasteiger partial charge in [-0.05, 0) is 31.7 Å². The van der Waals surface area contributed by atoms with Gasteiger partial charge in [-0.1, -0.05) is 27.7 Å². The van der Waals surface area contributed by atoms with Gasteiger partial charge >= 0.3 is 0 Å². The van der Waals surface area contributed by atoms with Crippen molar-refractivity contribution in [3.63, 3.8) is 0 Å². The zero-order valence-electron chi connectivity index (χ0n) is 11.3. The molecule has 0 aromatic rings. The van der Waals surface area contributed by atoms with E-state index in [1.54, 1.807) is 0 Å². The average molecular weight is 226 g/mol. The van der Waals surface area contributed by atoms with Crippen molar-refractivity contribution in [2.75, 3.05) is 13.1 Å². The fourth-order valence-corrected chi connectivity index (χ4v) is 2.18. The van der Waals surface area contributed by atoms with Gasteiger partial charge in [0.1, 0.15) is 0 Å². The molecule has 0 aliphatic carbocycles. The molecule has 3 nitrogen and oxygen atoms in total. The Kier molecular flexibility index (Phi) is 4.36. The molecule has 3 heteroatoms. The van der Waals surface area contributed by atoms with E-state index >= 15 is 0 Å². The second kappa shape index (κ2) is 5.17. The molecule has 1 amide bonds. The molecule has 0 saturated carbocycles. The van der Waals surface area contributed by atoms with Crippen LogP contribution in [0.4, 0.5) is 0 Å². The number of amides is 1. The Hall–Kier alpha value is -0.570. The van der Waals surface area contributed by atoms with Crippen molar-refractivity contribution >= 4 is 5.91 Å². The third-order valence-corrected chi connectivity index (χ3v) is 4.10. The van der Waals surface area contributed by atoms with Gasteiger partial charge in [0.15, 0.2) is 0 Å². The zero-order valence-corrected chi connectivity index (χ0v) is 11.3. The fraction of sp³-hybridized carbons (Fsp3) is 0.923. The number of hydrogen-bond donors (Lipinski definition) is 2. The molecule has 0 bridgehead atoms. The van der Waals surface area contributed by atoms with Crippen LogP contribution in [0.3, 0.4) is 0 Å². The minimum Gasteiger partial charge on any atom is -0.353 e. The summed E-state index contributed by atoms with van der Waals surface area (Å²) in [7, 11) is 0. The van der Waals surface area contributed by atoms with E-state index in [9.17, 15) is 4.79 Å². The van der Waals surface area contributed by atoms with E-state index in [4.69, 9.17) is 0 Å². The van der Waals surface area contributed by atoms with Gasteiger partial charge < -0.3 is 10.6 Å². The molecule has 1 fully saturated rings. The molecular formula is C13H26N2O. The summed E-state index contributed by atoms with van der Waals surface area (Å²) in [5.74, 6) is 1.11. The minimum absolute atomic E-state index is 0.191. The van der Waals surface area contributed by atoms with Crippen LogP contribution < -0.4 is 10.6 Å². The molecule has 1 rings (SSSR count). The summed E-state index contributed by atoms with van der Waals surface area (Å²) >= 11 is 0. The minimum atomic E-state index is -0.191. The van der Waals surface area contributed by atoms with Gasteiger partial charge in [0.25, 0.3) is 0 Å². The number of nitrogens with one attached hydrogen (secondary N) is 2. The first-order chi connectivity index (χ1) is 7.40. The summed E-state index contributed by atoms with van der Waals surface area (Å²) in [5.41, 5.74) is -0.191. The maximum atomic E-state index is 12.4. The maximum Gasteiger partial charge on any atom is 0.228 e. The number of carbonyl (C=O) groups is 1. The van der Waals surface area contributed by atoms with Gasteiger partial charge in [-0.2, -0.15) is 0 Å². The molecule has 1 saturated heterocycles. The third kappa shape index (κ3) is 2.57. The summed E-state index contributed by atoms with van der Waals surface area (Å²) in [6, 6.07) is 0.253. The zero-order chi connectivity index (χ0) is 12.3. The molecule has 94 valence electrons. The van der Waals surface area contributed by atoms with Crippen molar-refractivity contribution in [1.29, 1.82) is 0 Å². The average Bonchev–Trinajstić information content (AvgIpc) is 2.66. The standard InChI is InChI=1S/C13H26N2O/c1-9(2)11(5)15-12(16)13(10(3)4)6-7-14-8-13/h9-11,14H,6-8H2,1-5H3,(H,15,16). The fourth-order valence-electron chi connectivity index (χ4n) is 2.18. The van der Waals surface area contributed by atoms with E-state index < -0.39 is 0 Å². The number of hydrogen-bond acceptors (Lipinski definition) is 2. The molecule has 2 N–H and O–H groups in total. The van der Waals surface area contributed by atoms with Gasteiger partial charge in [-0.3, -0.25) is 4.79 Å². The highest BCUT2D eigenvalue weighted by atomic mass is 16.2. The maximum absolute atomic E-state index is 12.4. The highest BCUT2D eigenvalue weighted by Gasteiger charge is 2.44. The highest BCUT2D eigenvalue weighted by molar-refractivity contribution is 5.83. The van der Waals surface area contributed by atoms with Crippen LogP contribution in [-0.2, 0) is 4.79 Å². The smallest absolute Gasteiger partial charge is 0.228 e. The van der Waals surface area contributed by atoms with E-state index in [0.717, 1.165) is 19.5 Å². The molecule has 1 aliphatic rings. The Morgan fingerprint density at radius 3 is 2.25 bits per heavy atom. The largest absolute Gasteiger partial charge is 0.353 e. The van der Waals surface area contributed by atoms with Crippen LogP contribution in [0, 0.1) is 17.3 Å². The Bertz CT molecular complexity index is 242. The van der Waals surface area contributed by atoms with Gasteiger partial charge in [-0.25, -0.2) is 0 Å². The Labute approximate surface area is 99.4 Å². The molecule has 0 aromatic carbocycles. The molecule has 1 aliphatic heterocycles. The first-order valence-corrected chi connectivity index (χ1v) is 6.42. The lowest BCUT2D eigenvalue weighted by molar-refractivity contribution is -0.133. The van der Waals surface area contributed by atoms with Gasteiger partial charge in [0.2, 0.25) is 5.91 Å². The van der Waals surface area contributed by atoms with Gasteiger partial charge in [0.05, 0.1) is 5.41 Å². The Morgan fingerprint density at radius 2 is 1.88 bits per heavy atom. The van der Waals surface area contributed by atoms with Crippen LogP contribution in [0.5, 0.6) is 0 Å². The van der Waals surface area contributed by atoms with Crippen molar-refractivity contribution in [2.45, 2.75) is 47.1 Å². The van der Waals surface area contributed by atoms with Gasteiger partial charge in [-0.15, -0.1) is 0 Å². The monoisotopic (exact) mass is 226 g/mol. The number of carbonyl (C=O) groups excluding carboxylic acids is 1. The second-order valence-electron chi connectivity index (χ2n) is 5.74. The second-order valence-corrected chi connectivity index (χ2v) is 5.74. The van der Waals surface area contributed by atoms with Gasteiger partial charge in [0, 0.05) is 12.6 Å². The van der Waals surface area contributed by atoms with E-state index in [2.05, 4.69) is 45.3 Å². The first kappa shape index (κ1) is 13.5. The van der Waals surface area contributed by atoms with E-state index in [1.165, 1.54) is 0 Å². The predicted molar refractivity (Wildman–Crippen MR) is 67.2 cm³/mol. The highest BCUT2D eigenvalue weighted by Crippen LogP contribution is 2.34. The summed E-state index contributed by atoms with van der Waals surface area (Å²) in [6.45, 7) is 12.4. The SMILES string of the molecule is CC(C)C(C)NC(=O)C1(C(C)C)CCNC1. The molecule has 2 atom stereocenters. The summed E-state index contributed by atoms with van der Waals surface area (Å²) in [6.07, 6.45) is 0.960. The third-order valence-electron chi connectivity index (χ3n) is 4.10.